The van der Waals surface area contributed by atoms with Crippen LogP contribution in [-0.4, -0.2) is 45.4 Å². The van der Waals surface area contributed by atoms with Crippen molar-refractivity contribution in [3.8, 4) is 5.75 Å². The third kappa shape index (κ3) is 7.20. The molecule has 0 aliphatic carbocycles. The number of methoxy groups -OCH3 is 1. The van der Waals surface area contributed by atoms with E-state index in [1.807, 2.05) is 38.1 Å². The molecule has 0 fully saturated rings. The van der Waals surface area contributed by atoms with Gasteiger partial charge in [0.25, 0.3) is 0 Å². The van der Waals surface area contributed by atoms with Crippen LogP contribution in [0.4, 0.5) is 0 Å². The van der Waals surface area contributed by atoms with Gasteiger partial charge in [-0.05, 0) is 38.1 Å². The predicted molar refractivity (Wildman–Crippen MR) is 87.4 cm³/mol. The molecule has 0 saturated heterocycles. The zero-order valence-corrected chi connectivity index (χ0v) is 13.8. The van der Waals surface area contributed by atoms with Gasteiger partial charge in [-0.25, -0.2) is 0 Å². The van der Waals surface area contributed by atoms with Crippen molar-refractivity contribution < 1.29 is 9.47 Å². The van der Waals surface area contributed by atoms with Gasteiger partial charge in [0.15, 0.2) is 5.96 Å². The standard InChI is InChI=1S/C15H24ClN3O2/c1-11(10-20-4)19-15(17-3)18-9-12(2)21-14-7-5-13(16)6-8-14/h5-8,11-12H,9-10H2,1-4H3,(H2,17,18,19). The lowest BCUT2D eigenvalue weighted by Crippen LogP contribution is -2.46. The van der Waals surface area contributed by atoms with Crippen molar-refractivity contribution >= 4 is 17.6 Å². The third-order valence-electron chi connectivity index (χ3n) is 2.73. The number of halogens is 1. The quantitative estimate of drug-likeness (QED) is 0.599. The lowest BCUT2D eigenvalue weighted by molar-refractivity contribution is 0.178. The van der Waals surface area contributed by atoms with E-state index < -0.39 is 0 Å². The van der Waals surface area contributed by atoms with Crippen molar-refractivity contribution in [3.05, 3.63) is 29.3 Å². The first kappa shape index (κ1) is 17.6. The number of guanidine groups is 1. The van der Waals surface area contributed by atoms with Gasteiger partial charge in [-0.1, -0.05) is 11.6 Å². The van der Waals surface area contributed by atoms with Crippen LogP contribution in [-0.2, 0) is 4.74 Å². The van der Waals surface area contributed by atoms with Gasteiger partial charge in [0, 0.05) is 25.2 Å². The Morgan fingerprint density at radius 3 is 2.52 bits per heavy atom. The van der Waals surface area contributed by atoms with Gasteiger partial charge >= 0.3 is 0 Å². The van der Waals surface area contributed by atoms with Crippen LogP contribution >= 0.6 is 11.6 Å². The second kappa shape index (κ2) is 9.47. The fourth-order valence-electron chi connectivity index (χ4n) is 1.75. The van der Waals surface area contributed by atoms with Crippen LogP contribution in [0.2, 0.25) is 5.02 Å². The molecule has 0 aliphatic heterocycles. The highest BCUT2D eigenvalue weighted by atomic mass is 35.5. The molecule has 0 aromatic heterocycles. The summed E-state index contributed by atoms with van der Waals surface area (Å²) in [7, 11) is 3.41. The summed E-state index contributed by atoms with van der Waals surface area (Å²) in [5, 5.41) is 7.16. The summed E-state index contributed by atoms with van der Waals surface area (Å²) in [6.45, 7) is 5.29. The van der Waals surface area contributed by atoms with Crippen LogP contribution in [0, 0.1) is 0 Å². The molecular weight excluding hydrogens is 290 g/mol. The van der Waals surface area contributed by atoms with E-state index in [0.717, 1.165) is 11.7 Å². The molecule has 6 heteroatoms. The molecule has 2 N–H and O–H groups in total. The molecule has 0 amide bonds. The van der Waals surface area contributed by atoms with Gasteiger partial charge in [-0.2, -0.15) is 0 Å². The number of aliphatic imine (C=N–C) groups is 1. The van der Waals surface area contributed by atoms with E-state index in [4.69, 9.17) is 21.1 Å². The van der Waals surface area contributed by atoms with Crippen molar-refractivity contribution in [1.29, 1.82) is 0 Å². The zero-order chi connectivity index (χ0) is 15.7. The molecule has 1 rings (SSSR count). The van der Waals surface area contributed by atoms with Crippen LogP contribution in [0.3, 0.4) is 0 Å². The minimum absolute atomic E-state index is 0.00227. The second-order valence-corrected chi connectivity index (χ2v) is 5.27. The van der Waals surface area contributed by atoms with Crippen molar-refractivity contribution in [2.45, 2.75) is 26.0 Å². The fraction of sp³-hybridized carbons (Fsp3) is 0.533. The largest absolute Gasteiger partial charge is 0.489 e. The number of nitrogens with zero attached hydrogens (tertiary/aromatic N) is 1. The Bertz CT molecular complexity index is 437. The van der Waals surface area contributed by atoms with Gasteiger partial charge in [0.05, 0.1) is 13.2 Å². The maximum Gasteiger partial charge on any atom is 0.191 e. The maximum atomic E-state index is 5.84. The van der Waals surface area contributed by atoms with Gasteiger partial charge < -0.3 is 20.1 Å². The minimum Gasteiger partial charge on any atom is -0.489 e. The summed E-state index contributed by atoms with van der Waals surface area (Å²) < 4.78 is 10.9. The molecule has 2 atom stereocenters. The SMILES string of the molecule is CN=C(NCC(C)Oc1ccc(Cl)cc1)NC(C)COC. The number of nitrogens with one attached hydrogen (secondary N) is 2. The summed E-state index contributed by atoms with van der Waals surface area (Å²) in [5.74, 6) is 1.52. The first-order valence-corrected chi connectivity index (χ1v) is 7.31. The van der Waals surface area contributed by atoms with E-state index >= 15 is 0 Å². The van der Waals surface area contributed by atoms with Gasteiger partial charge in [-0.3, -0.25) is 4.99 Å². The smallest absolute Gasteiger partial charge is 0.191 e. The summed E-state index contributed by atoms with van der Waals surface area (Å²) >= 11 is 5.84. The summed E-state index contributed by atoms with van der Waals surface area (Å²) in [6.07, 6.45) is 0.00227. The number of hydrogen-bond acceptors (Lipinski definition) is 3. The molecular formula is C15H24ClN3O2. The summed E-state index contributed by atoms with van der Waals surface area (Å²) in [4.78, 5) is 4.17. The van der Waals surface area contributed by atoms with E-state index in [2.05, 4.69) is 15.6 Å². The molecule has 0 radical (unpaired) electrons. The Kier molecular flexibility index (Phi) is 7.93. The highest BCUT2D eigenvalue weighted by molar-refractivity contribution is 6.30. The van der Waals surface area contributed by atoms with E-state index in [9.17, 15) is 0 Å². The number of benzene rings is 1. The highest BCUT2D eigenvalue weighted by Crippen LogP contribution is 2.16. The van der Waals surface area contributed by atoms with Gasteiger partial charge in [-0.15, -0.1) is 0 Å². The first-order valence-electron chi connectivity index (χ1n) is 6.93. The third-order valence-corrected chi connectivity index (χ3v) is 2.98. The van der Waals surface area contributed by atoms with E-state index in [1.165, 1.54) is 0 Å². The first-order chi connectivity index (χ1) is 10.0. The molecule has 0 saturated carbocycles. The van der Waals surface area contributed by atoms with Gasteiger partial charge in [0.2, 0.25) is 0 Å². The molecule has 2 unspecified atom stereocenters. The summed E-state index contributed by atoms with van der Waals surface area (Å²) in [6, 6.07) is 7.52. The Labute approximate surface area is 131 Å². The van der Waals surface area contributed by atoms with Crippen molar-refractivity contribution in [1.82, 2.24) is 10.6 Å². The van der Waals surface area contributed by atoms with Crippen LogP contribution in [0.25, 0.3) is 0 Å². The van der Waals surface area contributed by atoms with E-state index in [1.54, 1.807) is 14.2 Å². The lowest BCUT2D eigenvalue weighted by atomic mass is 10.3. The zero-order valence-electron chi connectivity index (χ0n) is 13.0. The average molecular weight is 314 g/mol. The number of ether oxygens (including phenoxy) is 2. The number of rotatable bonds is 7. The average Bonchev–Trinajstić information content (AvgIpc) is 2.46. The summed E-state index contributed by atoms with van der Waals surface area (Å²) in [5.41, 5.74) is 0. The van der Waals surface area contributed by atoms with E-state index in [-0.39, 0.29) is 12.1 Å². The van der Waals surface area contributed by atoms with Crippen LogP contribution in [0.15, 0.2) is 29.3 Å². The minimum atomic E-state index is 0.00227. The molecule has 5 nitrogen and oxygen atoms in total. The van der Waals surface area contributed by atoms with Crippen molar-refractivity contribution in [3.63, 3.8) is 0 Å². The fourth-order valence-corrected chi connectivity index (χ4v) is 1.87. The lowest BCUT2D eigenvalue weighted by Gasteiger charge is -2.20. The monoisotopic (exact) mass is 313 g/mol. The van der Waals surface area contributed by atoms with Gasteiger partial charge in [0.1, 0.15) is 11.9 Å². The molecule has 21 heavy (non-hydrogen) atoms. The molecule has 0 spiro atoms. The Morgan fingerprint density at radius 2 is 1.95 bits per heavy atom. The van der Waals surface area contributed by atoms with Crippen molar-refractivity contribution in [2.75, 3.05) is 27.3 Å². The molecule has 0 bridgehead atoms. The molecule has 0 aliphatic rings. The highest BCUT2D eigenvalue weighted by Gasteiger charge is 2.08. The predicted octanol–water partition coefficient (Wildman–Crippen LogP) is 2.31. The van der Waals surface area contributed by atoms with Crippen molar-refractivity contribution in [2.24, 2.45) is 4.99 Å². The Hall–Kier alpha value is -1.46. The second-order valence-electron chi connectivity index (χ2n) is 4.84. The molecule has 1 aromatic carbocycles. The molecule has 1 aromatic rings. The van der Waals surface area contributed by atoms with Crippen LogP contribution in [0.1, 0.15) is 13.8 Å². The Morgan fingerprint density at radius 1 is 1.29 bits per heavy atom. The van der Waals surface area contributed by atoms with Crippen LogP contribution < -0.4 is 15.4 Å². The van der Waals surface area contributed by atoms with E-state index in [0.29, 0.717) is 18.2 Å². The Balaban J connectivity index is 2.36. The molecule has 0 heterocycles. The molecule has 118 valence electrons. The maximum absolute atomic E-state index is 5.84. The normalized spacial score (nSPS) is 14.4. The number of hydrogen-bond donors (Lipinski definition) is 2. The topological polar surface area (TPSA) is 54.9 Å². The van der Waals surface area contributed by atoms with Crippen LogP contribution in [0.5, 0.6) is 5.75 Å².